The summed E-state index contributed by atoms with van der Waals surface area (Å²) in [6.45, 7) is 9.86. The Kier molecular flexibility index (Phi) is 7.83. The van der Waals surface area contributed by atoms with Crippen molar-refractivity contribution in [3.05, 3.63) is 16.5 Å². The summed E-state index contributed by atoms with van der Waals surface area (Å²) >= 11 is 1.35. The molecule has 0 amide bonds. The average Bonchev–Trinajstić information content (AvgIpc) is 2.81. The Morgan fingerprint density at radius 2 is 2.00 bits per heavy atom. The van der Waals surface area contributed by atoms with Gasteiger partial charge in [0, 0.05) is 24.5 Å². The molecular weight excluding hydrogens is 306 g/mol. The van der Waals surface area contributed by atoms with Gasteiger partial charge in [0.15, 0.2) is 0 Å². The van der Waals surface area contributed by atoms with Crippen molar-refractivity contribution in [1.29, 1.82) is 0 Å². The molecule has 1 aromatic rings. The van der Waals surface area contributed by atoms with Crippen LogP contribution in [0.15, 0.2) is 10.3 Å². The first-order valence-corrected chi connectivity index (χ1v) is 9.68. The summed E-state index contributed by atoms with van der Waals surface area (Å²) < 4.78 is 27.6. The Morgan fingerprint density at radius 1 is 1.29 bits per heavy atom. The van der Waals surface area contributed by atoms with Crippen molar-refractivity contribution in [1.82, 2.24) is 14.9 Å². The second-order valence-corrected chi connectivity index (χ2v) is 8.27. The van der Waals surface area contributed by atoms with Crippen LogP contribution in [0.4, 0.5) is 0 Å². The molecule has 0 unspecified atom stereocenters. The van der Waals surface area contributed by atoms with Gasteiger partial charge in [-0.15, -0.1) is 11.3 Å². The number of likely N-dealkylation sites (N-methyl/N-ethyl adjacent to an activating group) is 1. The number of sulfonamides is 1. The minimum Gasteiger partial charge on any atom is -0.312 e. The summed E-state index contributed by atoms with van der Waals surface area (Å²) in [6, 6.07) is 1.76. The predicted octanol–water partition coefficient (Wildman–Crippen LogP) is 1.79. The van der Waals surface area contributed by atoms with Gasteiger partial charge < -0.3 is 10.2 Å². The summed E-state index contributed by atoms with van der Waals surface area (Å²) in [6.07, 6.45) is 1.07. The van der Waals surface area contributed by atoms with Gasteiger partial charge in [-0.25, -0.2) is 13.1 Å². The third-order valence-electron chi connectivity index (χ3n) is 3.30. The van der Waals surface area contributed by atoms with Gasteiger partial charge in [-0.1, -0.05) is 13.8 Å². The monoisotopic (exact) mass is 333 g/mol. The maximum absolute atomic E-state index is 12.3. The van der Waals surface area contributed by atoms with E-state index in [1.807, 2.05) is 20.9 Å². The van der Waals surface area contributed by atoms with Crippen molar-refractivity contribution >= 4 is 21.4 Å². The van der Waals surface area contributed by atoms with E-state index in [-0.39, 0.29) is 0 Å². The molecule has 122 valence electrons. The lowest BCUT2D eigenvalue weighted by Gasteiger charge is -2.13. The fourth-order valence-electron chi connectivity index (χ4n) is 1.78. The summed E-state index contributed by atoms with van der Waals surface area (Å²) in [5.41, 5.74) is 1.04. The molecule has 0 aliphatic rings. The van der Waals surface area contributed by atoms with Gasteiger partial charge in [-0.3, -0.25) is 0 Å². The highest BCUT2D eigenvalue weighted by molar-refractivity contribution is 7.91. The van der Waals surface area contributed by atoms with Crippen LogP contribution in [0.2, 0.25) is 0 Å². The first-order chi connectivity index (χ1) is 9.90. The van der Waals surface area contributed by atoms with Crippen LogP contribution < -0.4 is 10.0 Å². The number of thiophene rings is 1. The number of rotatable bonds is 10. The third-order valence-corrected chi connectivity index (χ3v) is 6.47. The van der Waals surface area contributed by atoms with E-state index in [0.717, 1.165) is 36.5 Å². The Balaban J connectivity index is 2.64. The van der Waals surface area contributed by atoms with Gasteiger partial charge in [0.2, 0.25) is 10.0 Å². The topological polar surface area (TPSA) is 61.4 Å². The molecule has 7 heteroatoms. The Labute approximate surface area is 132 Å². The molecule has 0 atom stereocenters. The molecule has 2 N–H and O–H groups in total. The first kappa shape index (κ1) is 18.6. The van der Waals surface area contributed by atoms with Gasteiger partial charge in [0.05, 0.1) is 0 Å². The van der Waals surface area contributed by atoms with Crippen molar-refractivity contribution in [3.63, 3.8) is 0 Å². The van der Waals surface area contributed by atoms with E-state index in [2.05, 4.69) is 21.9 Å². The van der Waals surface area contributed by atoms with Crippen molar-refractivity contribution in [2.45, 2.75) is 37.9 Å². The minimum atomic E-state index is -3.38. The lowest BCUT2D eigenvalue weighted by Crippen LogP contribution is -2.32. The van der Waals surface area contributed by atoms with E-state index in [4.69, 9.17) is 0 Å². The molecule has 5 nitrogen and oxygen atoms in total. The molecule has 1 rings (SSSR count). The van der Waals surface area contributed by atoms with E-state index in [9.17, 15) is 8.42 Å². The largest absolute Gasteiger partial charge is 0.312 e. The maximum Gasteiger partial charge on any atom is 0.250 e. The standard InChI is InChI=1S/C14H27N3O2S2/c1-5-7-15-11-13-12(3)10-14(20-13)21(18,19)16-8-9-17(4)6-2/h10,15-16H,5-9,11H2,1-4H3. The molecule has 1 aromatic heterocycles. The van der Waals surface area contributed by atoms with Crippen molar-refractivity contribution in [2.24, 2.45) is 0 Å². The highest BCUT2D eigenvalue weighted by Crippen LogP contribution is 2.25. The van der Waals surface area contributed by atoms with E-state index < -0.39 is 10.0 Å². The Morgan fingerprint density at radius 3 is 2.62 bits per heavy atom. The van der Waals surface area contributed by atoms with Crippen LogP contribution in [0.5, 0.6) is 0 Å². The van der Waals surface area contributed by atoms with E-state index in [1.165, 1.54) is 11.3 Å². The van der Waals surface area contributed by atoms with Gasteiger partial charge in [0.25, 0.3) is 0 Å². The van der Waals surface area contributed by atoms with Gasteiger partial charge in [-0.2, -0.15) is 0 Å². The zero-order valence-corrected chi connectivity index (χ0v) is 15.0. The van der Waals surface area contributed by atoms with Crippen molar-refractivity contribution < 1.29 is 8.42 Å². The third kappa shape index (κ3) is 6.04. The van der Waals surface area contributed by atoms with Gasteiger partial charge in [-0.05, 0) is 45.1 Å². The molecule has 0 aliphatic heterocycles. The Hall–Kier alpha value is -0.470. The SMILES string of the molecule is CCCNCc1sc(S(=O)(=O)NCCN(C)CC)cc1C. The van der Waals surface area contributed by atoms with Crippen LogP contribution in [-0.2, 0) is 16.6 Å². The van der Waals surface area contributed by atoms with E-state index >= 15 is 0 Å². The average molecular weight is 334 g/mol. The van der Waals surface area contributed by atoms with Gasteiger partial charge >= 0.3 is 0 Å². The highest BCUT2D eigenvalue weighted by Gasteiger charge is 2.18. The summed E-state index contributed by atoms with van der Waals surface area (Å²) in [5.74, 6) is 0. The zero-order chi connectivity index (χ0) is 15.9. The first-order valence-electron chi connectivity index (χ1n) is 7.39. The lowest BCUT2D eigenvalue weighted by molar-refractivity contribution is 0.358. The van der Waals surface area contributed by atoms with Crippen LogP contribution >= 0.6 is 11.3 Å². The molecule has 0 aromatic carbocycles. The molecular formula is C14H27N3O2S2. The van der Waals surface area contributed by atoms with Crippen molar-refractivity contribution in [3.8, 4) is 0 Å². The highest BCUT2D eigenvalue weighted by atomic mass is 32.2. The fourth-order valence-corrected chi connectivity index (χ4v) is 4.40. The molecule has 0 saturated heterocycles. The molecule has 0 radical (unpaired) electrons. The lowest BCUT2D eigenvalue weighted by atomic mass is 10.3. The van der Waals surface area contributed by atoms with Crippen LogP contribution in [0, 0.1) is 6.92 Å². The molecule has 21 heavy (non-hydrogen) atoms. The van der Waals surface area contributed by atoms with E-state index in [0.29, 0.717) is 17.3 Å². The Bertz CT molecular complexity index is 526. The second-order valence-electron chi connectivity index (χ2n) is 5.14. The van der Waals surface area contributed by atoms with Crippen LogP contribution in [0.1, 0.15) is 30.7 Å². The number of nitrogens with zero attached hydrogens (tertiary/aromatic N) is 1. The molecule has 0 bridgehead atoms. The normalized spacial score (nSPS) is 12.2. The van der Waals surface area contributed by atoms with Crippen molar-refractivity contribution in [2.75, 3.05) is 33.2 Å². The summed E-state index contributed by atoms with van der Waals surface area (Å²) in [5, 5.41) is 3.31. The van der Waals surface area contributed by atoms with Crippen LogP contribution in [0.25, 0.3) is 0 Å². The number of aryl methyl sites for hydroxylation is 1. The molecule has 0 spiro atoms. The summed E-state index contributed by atoms with van der Waals surface area (Å²) in [7, 11) is -1.41. The number of hydrogen-bond acceptors (Lipinski definition) is 5. The second kappa shape index (κ2) is 8.85. The summed E-state index contributed by atoms with van der Waals surface area (Å²) in [4.78, 5) is 3.16. The quantitative estimate of drug-likeness (QED) is 0.641. The number of nitrogens with one attached hydrogen (secondary N) is 2. The number of hydrogen-bond donors (Lipinski definition) is 2. The minimum absolute atomic E-state index is 0.410. The van der Waals surface area contributed by atoms with Crippen LogP contribution in [0.3, 0.4) is 0 Å². The maximum atomic E-state index is 12.3. The molecule has 0 aliphatic carbocycles. The van der Waals surface area contributed by atoms with Crippen LogP contribution in [-0.4, -0.2) is 46.5 Å². The molecule has 1 heterocycles. The van der Waals surface area contributed by atoms with E-state index in [1.54, 1.807) is 6.07 Å². The predicted molar refractivity (Wildman–Crippen MR) is 89.4 cm³/mol. The van der Waals surface area contributed by atoms with Gasteiger partial charge in [0.1, 0.15) is 4.21 Å². The molecule has 0 fully saturated rings. The zero-order valence-electron chi connectivity index (χ0n) is 13.4. The molecule has 0 saturated carbocycles. The fraction of sp³-hybridized carbons (Fsp3) is 0.714. The smallest absolute Gasteiger partial charge is 0.250 e.